The van der Waals surface area contributed by atoms with Crippen LogP contribution in [0.25, 0.3) is 0 Å². The van der Waals surface area contributed by atoms with Gasteiger partial charge in [0.15, 0.2) is 0 Å². The maximum Gasteiger partial charge on any atom is 1.00 e. The summed E-state index contributed by atoms with van der Waals surface area (Å²) in [5.74, 6) is 0.637. The van der Waals surface area contributed by atoms with Crippen molar-refractivity contribution >= 4 is 5.97 Å². The molecule has 0 aliphatic heterocycles. The normalized spacial score (nSPS) is 14.4. The van der Waals surface area contributed by atoms with Gasteiger partial charge in [0.1, 0.15) is 5.82 Å². The van der Waals surface area contributed by atoms with E-state index >= 15 is 0 Å². The van der Waals surface area contributed by atoms with E-state index in [1.807, 2.05) is 0 Å². The number of carboxylic acids is 1. The van der Waals surface area contributed by atoms with Crippen LogP contribution in [0.4, 0.5) is 0 Å². The fourth-order valence-electron chi connectivity index (χ4n) is 1.33. The quantitative estimate of drug-likeness (QED) is 0.601. The molecule has 74 valence electrons. The summed E-state index contributed by atoms with van der Waals surface area (Å²) in [4.78, 5) is 18.5. The minimum atomic E-state index is -0.973. The summed E-state index contributed by atoms with van der Waals surface area (Å²) in [7, 11) is 0. The maximum absolute atomic E-state index is 10.5. The molecule has 4 nitrogen and oxygen atoms in total. The van der Waals surface area contributed by atoms with Gasteiger partial charge in [0.2, 0.25) is 0 Å². The Labute approximate surface area is 100 Å². The molecular formula is C10H12LiN2O2+. The molecule has 1 saturated carbocycles. The SMILES string of the molecule is O=C(O)c1cnc(CCC2CC2)nc1.[Li+]. The van der Waals surface area contributed by atoms with Crippen LogP contribution in [-0.2, 0) is 6.42 Å². The van der Waals surface area contributed by atoms with Crippen molar-refractivity contribution in [3.05, 3.63) is 23.8 Å². The van der Waals surface area contributed by atoms with E-state index in [2.05, 4.69) is 9.97 Å². The van der Waals surface area contributed by atoms with Gasteiger partial charge in [-0.1, -0.05) is 12.8 Å². The van der Waals surface area contributed by atoms with Gasteiger partial charge in [-0.15, -0.1) is 0 Å². The Balaban J connectivity index is 0.00000112. The van der Waals surface area contributed by atoms with Crippen LogP contribution in [0, 0.1) is 5.92 Å². The van der Waals surface area contributed by atoms with Crippen LogP contribution >= 0.6 is 0 Å². The number of hydrogen-bond donors (Lipinski definition) is 1. The molecule has 0 spiro atoms. The summed E-state index contributed by atoms with van der Waals surface area (Å²) >= 11 is 0. The molecule has 1 fully saturated rings. The van der Waals surface area contributed by atoms with Gasteiger partial charge >= 0.3 is 24.8 Å². The van der Waals surface area contributed by atoms with Crippen molar-refractivity contribution in [1.82, 2.24) is 9.97 Å². The molecule has 0 unspecified atom stereocenters. The first-order chi connectivity index (χ1) is 6.75. The zero-order chi connectivity index (χ0) is 9.97. The summed E-state index contributed by atoms with van der Waals surface area (Å²) in [6.45, 7) is 0. The van der Waals surface area contributed by atoms with Gasteiger partial charge in [-0.25, -0.2) is 14.8 Å². The number of carboxylic acid groups (broad SMARTS) is 1. The van der Waals surface area contributed by atoms with E-state index in [9.17, 15) is 4.79 Å². The van der Waals surface area contributed by atoms with E-state index in [-0.39, 0.29) is 24.4 Å². The molecule has 0 saturated heterocycles. The van der Waals surface area contributed by atoms with Crippen LogP contribution in [0.15, 0.2) is 12.4 Å². The van der Waals surface area contributed by atoms with Crippen molar-refractivity contribution in [3.63, 3.8) is 0 Å². The molecule has 1 aliphatic carbocycles. The van der Waals surface area contributed by atoms with Crippen molar-refractivity contribution in [2.45, 2.75) is 25.7 Å². The van der Waals surface area contributed by atoms with Gasteiger partial charge in [0.25, 0.3) is 0 Å². The molecule has 1 aromatic rings. The first-order valence-electron chi connectivity index (χ1n) is 4.80. The molecule has 15 heavy (non-hydrogen) atoms. The van der Waals surface area contributed by atoms with Crippen LogP contribution < -0.4 is 18.9 Å². The average Bonchev–Trinajstić information content (AvgIpc) is 2.99. The Bertz CT molecular complexity index is 336. The third-order valence-corrected chi connectivity index (χ3v) is 2.43. The number of rotatable bonds is 4. The molecular weight excluding hydrogens is 187 g/mol. The molecule has 0 radical (unpaired) electrons. The zero-order valence-corrected chi connectivity index (χ0v) is 8.81. The summed E-state index contributed by atoms with van der Waals surface area (Å²) in [6.07, 6.45) is 7.40. The molecule has 1 aromatic heterocycles. The predicted octanol–water partition coefficient (Wildman–Crippen LogP) is -1.48. The maximum atomic E-state index is 10.5. The van der Waals surface area contributed by atoms with Gasteiger partial charge < -0.3 is 5.11 Å². The van der Waals surface area contributed by atoms with Crippen LogP contribution in [-0.4, -0.2) is 21.0 Å². The van der Waals surface area contributed by atoms with Crippen LogP contribution in [0.2, 0.25) is 0 Å². The molecule has 0 amide bonds. The number of aromatic carboxylic acids is 1. The topological polar surface area (TPSA) is 63.1 Å². The van der Waals surface area contributed by atoms with E-state index in [0.29, 0.717) is 0 Å². The largest absolute Gasteiger partial charge is 1.00 e. The minimum absolute atomic E-state index is 0. The van der Waals surface area contributed by atoms with Crippen molar-refractivity contribution in [2.24, 2.45) is 5.92 Å². The fourth-order valence-corrected chi connectivity index (χ4v) is 1.33. The number of hydrogen-bond acceptors (Lipinski definition) is 3. The second-order valence-electron chi connectivity index (χ2n) is 3.68. The minimum Gasteiger partial charge on any atom is -0.478 e. The Hall–Kier alpha value is -0.853. The fraction of sp³-hybridized carbons (Fsp3) is 0.500. The molecule has 1 N–H and O–H groups in total. The van der Waals surface area contributed by atoms with Gasteiger partial charge in [-0.3, -0.25) is 0 Å². The zero-order valence-electron chi connectivity index (χ0n) is 8.81. The summed E-state index contributed by atoms with van der Waals surface area (Å²) in [5, 5.41) is 8.62. The number of aromatic nitrogens is 2. The number of carbonyl (C=O) groups is 1. The molecule has 0 aromatic carbocycles. The van der Waals surface area contributed by atoms with Crippen LogP contribution in [0.3, 0.4) is 0 Å². The van der Waals surface area contributed by atoms with Crippen molar-refractivity contribution in [2.75, 3.05) is 0 Å². The van der Waals surface area contributed by atoms with Crippen LogP contribution in [0.1, 0.15) is 35.4 Å². The van der Waals surface area contributed by atoms with E-state index in [1.165, 1.54) is 25.2 Å². The molecule has 0 bridgehead atoms. The third-order valence-electron chi connectivity index (χ3n) is 2.43. The Morgan fingerprint density at radius 1 is 1.40 bits per heavy atom. The standard InChI is InChI=1S/C10H12N2O2.Li/c13-10(14)8-5-11-9(12-6-8)4-3-7-1-2-7;/h5-7H,1-4H2,(H,13,14);/q;+1. The van der Waals surface area contributed by atoms with E-state index in [1.54, 1.807) is 0 Å². The van der Waals surface area contributed by atoms with Crippen molar-refractivity contribution in [1.29, 1.82) is 0 Å². The third kappa shape index (κ3) is 3.65. The Morgan fingerprint density at radius 3 is 2.47 bits per heavy atom. The van der Waals surface area contributed by atoms with Crippen molar-refractivity contribution < 1.29 is 28.8 Å². The summed E-state index contributed by atoms with van der Waals surface area (Å²) < 4.78 is 0. The van der Waals surface area contributed by atoms with Crippen LogP contribution in [0.5, 0.6) is 0 Å². The van der Waals surface area contributed by atoms with E-state index in [0.717, 1.165) is 24.6 Å². The second-order valence-corrected chi connectivity index (χ2v) is 3.68. The summed E-state index contributed by atoms with van der Waals surface area (Å²) in [5.41, 5.74) is 0.153. The van der Waals surface area contributed by atoms with E-state index < -0.39 is 5.97 Å². The van der Waals surface area contributed by atoms with Gasteiger partial charge in [0.05, 0.1) is 5.56 Å². The molecule has 0 atom stereocenters. The number of aryl methyl sites for hydroxylation is 1. The smallest absolute Gasteiger partial charge is 0.478 e. The van der Waals surface area contributed by atoms with Gasteiger partial charge in [0, 0.05) is 18.8 Å². The molecule has 5 heteroatoms. The van der Waals surface area contributed by atoms with Crippen molar-refractivity contribution in [3.8, 4) is 0 Å². The Morgan fingerprint density at radius 2 is 2.00 bits per heavy atom. The first-order valence-corrected chi connectivity index (χ1v) is 4.80. The molecule has 2 rings (SSSR count). The monoisotopic (exact) mass is 199 g/mol. The Kier molecular flexibility index (Phi) is 4.31. The van der Waals surface area contributed by atoms with Gasteiger partial charge in [-0.05, 0) is 12.3 Å². The molecule has 1 aliphatic rings. The second kappa shape index (κ2) is 5.29. The predicted molar refractivity (Wildman–Crippen MR) is 50.0 cm³/mol. The molecule has 1 heterocycles. The van der Waals surface area contributed by atoms with Gasteiger partial charge in [-0.2, -0.15) is 0 Å². The summed E-state index contributed by atoms with van der Waals surface area (Å²) in [6, 6.07) is 0. The average molecular weight is 199 g/mol. The first kappa shape index (κ1) is 12.2. The van der Waals surface area contributed by atoms with E-state index in [4.69, 9.17) is 5.11 Å². The number of nitrogens with zero attached hydrogens (tertiary/aromatic N) is 2.